The average molecular weight is 168 g/mol. The van der Waals surface area contributed by atoms with E-state index in [2.05, 4.69) is 17.2 Å². The van der Waals surface area contributed by atoms with Crippen LogP contribution in [0.1, 0.15) is 22.7 Å². The van der Waals surface area contributed by atoms with Gasteiger partial charge in [-0.2, -0.15) is 0 Å². The molecule has 0 atom stereocenters. The van der Waals surface area contributed by atoms with Gasteiger partial charge in [0.25, 0.3) is 0 Å². The van der Waals surface area contributed by atoms with Crippen molar-refractivity contribution in [2.24, 2.45) is 0 Å². The quantitative estimate of drug-likeness (QED) is 0.743. The average Bonchev–Trinajstić information content (AvgIpc) is 2.72. The van der Waals surface area contributed by atoms with Gasteiger partial charge < -0.3 is 5.32 Å². The molecule has 0 bridgehead atoms. The topological polar surface area (TPSA) is 24.9 Å². The second kappa shape index (κ2) is 2.91. The van der Waals surface area contributed by atoms with Crippen LogP contribution in [0.25, 0.3) is 0 Å². The lowest BCUT2D eigenvalue weighted by Gasteiger charge is -1.96. The van der Waals surface area contributed by atoms with E-state index in [-0.39, 0.29) is 0 Å². The molecule has 0 spiro atoms. The van der Waals surface area contributed by atoms with Gasteiger partial charge in [0.05, 0.1) is 0 Å². The third-order valence-electron chi connectivity index (χ3n) is 1.79. The molecule has 0 amide bonds. The molecule has 1 heterocycles. The van der Waals surface area contributed by atoms with Gasteiger partial charge in [-0.3, -0.25) is 0 Å². The summed E-state index contributed by atoms with van der Waals surface area (Å²) in [5.74, 6) is 0. The van der Waals surface area contributed by atoms with Crippen molar-refractivity contribution < 1.29 is 0 Å². The Balaban J connectivity index is 1.85. The Bertz CT molecular complexity index is 240. The summed E-state index contributed by atoms with van der Waals surface area (Å²) in [5, 5.41) is 4.65. The molecule has 1 fully saturated rings. The summed E-state index contributed by atoms with van der Waals surface area (Å²) >= 11 is 1.78. The monoisotopic (exact) mass is 168 g/mol. The van der Waals surface area contributed by atoms with Crippen molar-refractivity contribution in [1.29, 1.82) is 0 Å². The molecule has 0 aliphatic heterocycles. The van der Waals surface area contributed by atoms with Gasteiger partial charge in [-0.25, -0.2) is 4.98 Å². The van der Waals surface area contributed by atoms with Crippen LogP contribution >= 0.6 is 11.3 Å². The van der Waals surface area contributed by atoms with E-state index in [0.717, 1.165) is 12.6 Å². The second-order valence-corrected chi connectivity index (χ2v) is 4.34. The molecule has 1 N–H and O–H groups in total. The summed E-state index contributed by atoms with van der Waals surface area (Å²) in [6.07, 6.45) is 4.64. The fraction of sp³-hybridized carbons (Fsp3) is 0.625. The first-order chi connectivity index (χ1) is 5.34. The Morgan fingerprint density at radius 2 is 2.55 bits per heavy atom. The first-order valence-corrected chi connectivity index (χ1v) is 4.81. The second-order valence-electron chi connectivity index (χ2n) is 3.02. The zero-order valence-electron chi connectivity index (χ0n) is 6.63. The molecule has 2 rings (SSSR count). The maximum atomic E-state index is 4.27. The summed E-state index contributed by atoms with van der Waals surface area (Å²) in [6.45, 7) is 3.06. The highest BCUT2D eigenvalue weighted by molar-refractivity contribution is 7.11. The molecule has 3 heteroatoms. The Morgan fingerprint density at radius 3 is 3.09 bits per heavy atom. The van der Waals surface area contributed by atoms with E-state index in [1.165, 1.54) is 22.7 Å². The minimum absolute atomic E-state index is 0.791. The van der Waals surface area contributed by atoms with Crippen molar-refractivity contribution in [3.05, 3.63) is 16.1 Å². The minimum atomic E-state index is 0.791. The molecule has 0 radical (unpaired) electrons. The summed E-state index contributed by atoms with van der Waals surface area (Å²) in [4.78, 5) is 5.57. The molecule has 0 unspecified atom stereocenters. The lowest BCUT2D eigenvalue weighted by atomic mass is 10.6. The van der Waals surface area contributed by atoms with Crippen LogP contribution in [0.5, 0.6) is 0 Å². The Kier molecular flexibility index (Phi) is 1.92. The maximum Gasteiger partial charge on any atom is 0.107 e. The van der Waals surface area contributed by atoms with Crippen LogP contribution in [-0.2, 0) is 6.54 Å². The van der Waals surface area contributed by atoms with Crippen molar-refractivity contribution in [2.45, 2.75) is 32.4 Å². The van der Waals surface area contributed by atoms with Crippen molar-refractivity contribution in [1.82, 2.24) is 10.3 Å². The summed E-state index contributed by atoms with van der Waals surface area (Å²) in [6, 6.07) is 0.791. The molecule has 1 aliphatic carbocycles. The molecular formula is C8H12N2S. The molecule has 1 aliphatic rings. The fourth-order valence-corrected chi connectivity index (χ4v) is 1.74. The van der Waals surface area contributed by atoms with Crippen LogP contribution in [0.15, 0.2) is 6.20 Å². The highest BCUT2D eigenvalue weighted by atomic mass is 32.1. The lowest BCUT2D eigenvalue weighted by molar-refractivity contribution is 0.684. The lowest BCUT2D eigenvalue weighted by Crippen LogP contribution is -2.14. The van der Waals surface area contributed by atoms with Gasteiger partial charge in [0.1, 0.15) is 5.01 Å². The Hall–Kier alpha value is -0.410. The van der Waals surface area contributed by atoms with Gasteiger partial charge in [-0.1, -0.05) is 0 Å². The molecule has 1 aromatic heterocycles. The maximum absolute atomic E-state index is 4.27. The molecule has 11 heavy (non-hydrogen) atoms. The summed E-state index contributed by atoms with van der Waals surface area (Å²) < 4.78 is 0. The van der Waals surface area contributed by atoms with Crippen molar-refractivity contribution in [3.63, 3.8) is 0 Å². The normalized spacial score (nSPS) is 17.2. The molecule has 0 saturated heterocycles. The van der Waals surface area contributed by atoms with E-state index in [0.29, 0.717) is 0 Å². The third kappa shape index (κ3) is 2.01. The predicted octanol–water partition coefficient (Wildman–Crippen LogP) is 1.70. The highest BCUT2D eigenvalue weighted by Crippen LogP contribution is 2.20. The number of hydrogen-bond donors (Lipinski definition) is 1. The number of nitrogens with zero attached hydrogens (tertiary/aromatic N) is 1. The first-order valence-electron chi connectivity index (χ1n) is 3.99. The SMILES string of the molecule is Cc1cnc(CNC2CC2)s1. The van der Waals surface area contributed by atoms with Gasteiger partial charge in [0, 0.05) is 23.7 Å². The van der Waals surface area contributed by atoms with E-state index in [1.807, 2.05) is 6.20 Å². The zero-order chi connectivity index (χ0) is 7.68. The van der Waals surface area contributed by atoms with Crippen molar-refractivity contribution in [2.75, 3.05) is 0 Å². The van der Waals surface area contributed by atoms with Gasteiger partial charge in [0.15, 0.2) is 0 Å². The standard InChI is InChI=1S/C8H12N2S/c1-6-4-10-8(11-6)5-9-7-2-3-7/h4,7,9H,2-3,5H2,1H3. The molecule has 2 nitrogen and oxygen atoms in total. The minimum Gasteiger partial charge on any atom is -0.308 e. The molecule has 0 aromatic carbocycles. The molecular weight excluding hydrogens is 156 g/mol. The summed E-state index contributed by atoms with van der Waals surface area (Å²) in [5.41, 5.74) is 0. The number of nitrogens with one attached hydrogen (secondary N) is 1. The van der Waals surface area contributed by atoms with E-state index in [1.54, 1.807) is 11.3 Å². The van der Waals surface area contributed by atoms with E-state index < -0.39 is 0 Å². The van der Waals surface area contributed by atoms with Crippen LogP contribution in [0, 0.1) is 6.92 Å². The number of rotatable bonds is 3. The highest BCUT2D eigenvalue weighted by Gasteiger charge is 2.20. The summed E-state index contributed by atoms with van der Waals surface area (Å²) in [7, 11) is 0. The van der Waals surface area contributed by atoms with Crippen LogP contribution in [-0.4, -0.2) is 11.0 Å². The zero-order valence-corrected chi connectivity index (χ0v) is 7.45. The van der Waals surface area contributed by atoms with E-state index in [9.17, 15) is 0 Å². The third-order valence-corrected chi connectivity index (χ3v) is 2.70. The Morgan fingerprint density at radius 1 is 1.73 bits per heavy atom. The number of thiazole rings is 1. The van der Waals surface area contributed by atoms with E-state index in [4.69, 9.17) is 0 Å². The fourth-order valence-electron chi connectivity index (χ4n) is 1.00. The van der Waals surface area contributed by atoms with Gasteiger partial charge in [-0.05, 0) is 19.8 Å². The first kappa shape index (κ1) is 7.25. The van der Waals surface area contributed by atoms with Crippen molar-refractivity contribution in [3.8, 4) is 0 Å². The van der Waals surface area contributed by atoms with Crippen molar-refractivity contribution >= 4 is 11.3 Å². The van der Waals surface area contributed by atoms with Gasteiger partial charge in [0.2, 0.25) is 0 Å². The van der Waals surface area contributed by atoms with E-state index >= 15 is 0 Å². The number of aryl methyl sites for hydroxylation is 1. The van der Waals surface area contributed by atoms with Gasteiger partial charge in [-0.15, -0.1) is 11.3 Å². The number of aromatic nitrogens is 1. The van der Waals surface area contributed by atoms with Gasteiger partial charge >= 0.3 is 0 Å². The smallest absolute Gasteiger partial charge is 0.107 e. The molecule has 60 valence electrons. The molecule has 1 aromatic rings. The predicted molar refractivity (Wildman–Crippen MR) is 46.7 cm³/mol. The van der Waals surface area contributed by atoms with Crippen LogP contribution in [0.3, 0.4) is 0 Å². The molecule has 1 saturated carbocycles. The largest absolute Gasteiger partial charge is 0.308 e. The van der Waals surface area contributed by atoms with Crippen LogP contribution in [0.4, 0.5) is 0 Å². The Labute approximate surface area is 70.7 Å². The number of hydrogen-bond acceptors (Lipinski definition) is 3. The van der Waals surface area contributed by atoms with Crippen LogP contribution in [0.2, 0.25) is 0 Å². The van der Waals surface area contributed by atoms with Crippen LogP contribution < -0.4 is 5.32 Å².